The Kier molecular flexibility index (Phi) is 3.71. The molecule has 0 amide bonds. The molecular formula is C11H10F3N3O2S. The van der Waals surface area contributed by atoms with E-state index in [0.29, 0.717) is 0 Å². The average Bonchev–Trinajstić information content (AvgIpc) is 2.79. The molecule has 0 atom stereocenters. The van der Waals surface area contributed by atoms with Gasteiger partial charge in [0.2, 0.25) is 10.0 Å². The van der Waals surface area contributed by atoms with Crippen LogP contribution in [0.15, 0.2) is 36.7 Å². The molecule has 5 nitrogen and oxygen atoms in total. The Morgan fingerprint density at radius 1 is 1.30 bits per heavy atom. The van der Waals surface area contributed by atoms with Gasteiger partial charge in [0, 0.05) is 6.20 Å². The number of aromatic amines is 1. The molecule has 0 aliphatic carbocycles. The molecule has 9 heteroatoms. The van der Waals surface area contributed by atoms with Gasteiger partial charge in [-0.2, -0.15) is 18.3 Å². The van der Waals surface area contributed by atoms with Crippen molar-refractivity contribution >= 4 is 15.7 Å². The highest BCUT2D eigenvalue weighted by Crippen LogP contribution is 2.29. The summed E-state index contributed by atoms with van der Waals surface area (Å²) >= 11 is 0. The van der Waals surface area contributed by atoms with Crippen molar-refractivity contribution in [1.29, 1.82) is 0 Å². The van der Waals surface area contributed by atoms with Gasteiger partial charge >= 0.3 is 6.18 Å². The minimum atomic E-state index is -4.50. The van der Waals surface area contributed by atoms with E-state index < -0.39 is 27.5 Å². The number of nitrogens with one attached hydrogen (secondary N) is 2. The fourth-order valence-corrected chi connectivity index (χ4v) is 2.74. The van der Waals surface area contributed by atoms with Gasteiger partial charge in [-0.25, -0.2) is 8.42 Å². The van der Waals surface area contributed by atoms with Crippen LogP contribution < -0.4 is 4.72 Å². The predicted molar refractivity (Wildman–Crippen MR) is 66.3 cm³/mol. The van der Waals surface area contributed by atoms with Crippen LogP contribution in [0.3, 0.4) is 0 Å². The van der Waals surface area contributed by atoms with E-state index in [9.17, 15) is 21.6 Å². The van der Waals surface area contributed by atoms with Gasteiger partial charge in [-0.15, -0.1) is 0 Å². The Balaban J connectivity index is 2.17. The normalized spacial score (nSPS) is 12.3. The maximum atomic E-state index is 12.5. The molecule has 0 aliphatic heterocycles. The quantitative estimate of drug-likeness (QED) is 0.910. The van der Waals surface area contributed by atoms with Gasteiger partial charge in [0.1, 0.15) is 0 Å². The van der Waals surface area contributed by atoms with Crippen molar-refractivity contribution in [3.63, 3.8) is 0 Å². The van der Waals surface area contributed by atoms with E-state index >= 15 is 0 Å². The minimum absolute atomic E-state index is 0.0517. The number of aromatic nitrogens is 2. The Morgan fingerprint density at radius 2 is 2.05 bits per heavy atom. The first kappa shape index (κ1) is 14.4. The summed E-state index contributed by atoms with van der Waals surface area (Å²) in [4.78, 5) is 0. The first-order valence-corrected chi connectivity index (χ1v) is 7.07. The number of alkyl halides is 3. The van der Waals surface area contributed by atoms with Crippen molar-refractivity contribution < 1.29 is 21.6 Å². The third kappa shape index (κ3) is 3.73. The van der Waals surface area contributed by atoms with E-state index in [1.807, 2.05) is 0 Å². The van der Waals surface area contributed by atoms with Gasteiger partial charge in [0.05, 0.1) is 23.2 Å². The molecule has 2 rings (SSSR count). The van der Waals surface area contributed by atoms with Gasteiger partial charge in [0.15, 0.2) is 0 Å². The average molecular weight is 305 g/mol. The highest BCUT2D eigenvalue weighted by molar-refractivity contribution is 7.91. The minimum Gasteiger partial charge on any atom is -0.284 e. The number of nitrogens with zero attached hydrogens (tertiary/aromatic N) is 1. The van der Waals surface area contributed by atoms with Crippen LogP contribution in [0.25, 0.3) is 0 Å². The number of H-pyrrole nitrogens is 1. The lowest BCUT2D eigenvalue weighted by Crippen LogP contribution is -2.15. The summed E-state index contributed by atoms with van der Waals surface area (Å²) in [5, 5.41) is 5.98. The number of hydrogen-bond acceptors (Lipinski definition) is 3. The Bertz CT molecular complexity index is 681. The monoisotopic (exact) mass is 305 g/mol. The number of halogens is 3. The largest absolute Gasteiger partial charge is 0.416 e. The predicted octanol–water partition coefficient (Wildman–Crippen LogP) is 2.37. The van der Waals surface area contributed by atoms with Crippen LogP contribution in [0.2, 0.25) is 0 Å². The third-order valence-electron chi connectivity index (χ3n) is 2.38. The smallest absolute Gasteiger partial charge is 0.284 e. The maximum absolute atomic E-state index is 12.5. The summed E-state index contributed by atoms with van der Waals surface area (Å²) < 4.78 is 63.4. The topological polar surface area (TPSA) is 74.8 Å². The molecule has 108 valence electrons. The second kappa shape index (κ2) is 5.16. The van der Waals surface area contributed by atoms with Crippen LogP contribution in [-0.4, -0.2) is 18.6 Å². The van der Waals surface area contributed by atoms with E-state index in [1.54, 1.807) is 0 Å². The molecular weight excluding hydrogens is 295 g/mol. The zero-order valence-corrected chi connectivity index (χ0v) is 10.8. The molecule has 1 aromatic carbocycles. The number of benzene rings is 1. The van der Waals surface area contributed by atoms with Crippen molar-refractivity contribution in [1.82, 2.24) is 10.2 Å². The highest BCUT2D eigenvalue weighted by Gasteiger charge is 2.30. The third-order valence-corrected chi connectivity index (χ3v) is 3.64. The highest BCUT2D eigenvalue weighted by atomic mass is 32.2. The summed E-state index contributed by atoms with van der Waals surface area (Å²) in [5.74, 6) is -0.553. The standard InChI is InChI=1S/C11H10F3N3O2S/c12-11(13,14)9-3-1-2-8(4-9)7-20(18,19)17-10-5-15-16-6-10/h1-6,17H,7H2,(H,15,16). The Morgan fingerprint density at radius 3 is 2.65 bits per heavy atom. The molecule has 1 aromatic heterocycles. The van der Waals surface area contributed by atoms with Crippen LogP contribution >= 0.6 is 0 Å². The van der Waals surface area contributed by atoms with E-state index in [0.717, 1.165) is 12.1 Å². The van der Waals surface area contributed by atoms with Crippen LogP contribution in [0.4, 0.5) is 18.9 Å². The molecule has 0 unspecified atom stereocenters. The summed E-state index contributed by atoms with van der Waals surface area (Å²) in [6.07, 6.45) is -1.93. The van der Waals surface area contributed by atoms with Crippen molar-refractivity contribution in [2.24, 2.45) is 0 Å². The fourth-order valence-electron chi connectivity index (χ4n) is 1.58. The van der Waals surface area contributed by atoms with Gasteiger partial charge in [-0.3, -0.25) is 9.82 Å². The lowest BCUT2D eigenvalue weighted by atomic mass is 10.1. The lowest BCUT2D eigenvalue weighted by Gasteiger charge is -2.09. The summed E-state index contributed by atoms with van der Waals surface area (Å²) in [6.45, 7) is 0. The number of sulfonamides is 1. The molecule has 2 N–H and O–H groups in total. The van der Waals surface area contributed by atoms with E-state index in [1.165, 1.54) is 24.5 Å². The first-order valence-electron chi connectivity index (χ1n) is 5.42. The van der Waals surface area contributed by atoms with Crippen LogP contribution in [-0.2, 0) is 22.0 Å². The molecule has 0 fully saturated rings. The molecule has 0 saturated carbocycles. The molecule has 2 aromatic rings. The zero-order valence-electron chi connectivity index (χ0n) is 9.98. The van der Waals surface area contributed by atoms with Crippen molar-refractivity contribution in [2.75, 3.05) is 4.72 Å². The van der Waals surface area contributed by atoms with Crippen molar-refractivity contribution in [3.05, 3.63) is 47.8 Å². The number of rotatable bonds is 4. The molecule has 1 heterocycles. The zero-order chi connectivity index (χ0) is 14.8. The van der Waals surface area contributed by atoms with Crippen LogP contribution in [0, 0.1) is 0 Å². The molecule has 0 spiro atoms. The molecule has 0 saturated heterocycles. The Labute approximate surface area is 112 Å². The maximum Gasteiger partial charge on any atom is 0.416 e. The van der Waals surface area contributed by atoms with E-state index in [2.05, 4.69) is 14.9 Å². The van der Waals surface area contributed by atoms with Gasteiger partial charge in [-0.05, 0) is 11.6 Å². The Hall–Kier alpha value is -2.03. The van der Waals surface area contributed by atoms with Gasteiger partial charge in [-0.1, -0.05) is 18.2 Å². The summed E-state index contributed by atoms with van der Waals surface area (Å²) in [5.41, 5.74) is -0.610. The first-order chi connectivity index (χ1) is 9.26. The SMILES string of the molecule is O=S(=O)(Cc1cccc(C(F)(F)F)c1)Nc1cn[nH]c1. The second-order valence-electron chi connectivity index (χ2n) is 4.05. The van der Waals surface area contributed by atoms with Crippen molar-refractivity contribution in [2.45, 2.75) is 11.9 Å². The van der Waals surface area contributed by atoms with Crippen LogP contribution in [0.1, 0.15) is 11.1 Å². The van der Waals surface area contributed by atoms with Gasteiger partial charge < -0.3 is 0 Å². The summed E-state index contributed by atoms with van der Waals surface area (Å²) in [7, 11) is -3.80. The molecule has 20 heavy (non-hydrogen) atoms. The molecule has 0 radical (unpaired) electrons. The van der Waals surface area contributed by atoms with E-state index in [-0.39, 0.29) is 11.3 Å². The van der Waals surface area contributed by atoms with Crippen molar-refractivity contribution in [3.8, 4) is 0 Å². The molecule has 0 aliphatic rings. The van der Waals surface area contributed by atoms with Gasteiger partial charge in [0.25, 0.3) is 0 Å². The lowest BCUT2D eigenvalue weighted by molar-refractivity contribution is -0.137. The fraction of sp³-hybridized carbons (Fsp3) is 0.182. The van der Waals surface area contributed by atoms with Crippen LogP contribution in [0.5, 0.6) is 0 Å². The number of hydrogen-bond donors (Lipinski definition) is 2. The van der Waals surface area contributed by atoms with E-state index in [4.69, 9.17) is 0 Å². The molecule has 0 bridgehead atoms. The second-order valence-corrected chi connectivity index (χ2v) is 5.77. The number of anilines is 1. The summed E-state index contributed by atoms with van der Waals surface area (Å²) in [6, 6.07) is 4.20.